The predicted octanol–water partition coefficient (Wildman–Crippen LogP) is 4.94. The average Bonchev–Trinajstić information content (AvgIpc) is 2.50. The van der Waals surface area contributed by atoms with Crippen LogP contribution in [0.5, 0.6) is 5.75 Å². The summed E-state index contributed by atoms with van der Waals surface area (Å²) in [5, 5.41) is 0. The van der Waals surface area contributed by atoms with Gasteiger partial charge in [0.25, 0.3) is 0 Å². The minimum atomic E-state index is 0.0142. The molecule has 0 fully saturated rings. The van der Waals surface area contributed by atoms with Gasteiger partial charge >= 0.3 is 0 Å². The van der Waals surface area contributed by atoms with Crippen molar-refractivity contribution in [3.63, 3.8) is 0 Å². The number of anilines is 1. The first kappa shape index (κ1) is 16.3. The Hall–Kier alpha value is -1.59. The molecule has 1 aliphatic rings. The standard InChI is InChI=1S/C18H15Br2NO2/c1-21(2)16-5-3-11(8-15(16)20)7-12-10-23-17-6-4-13(19)9-14(17)18(12)22/h3-9H,10H2,1-2H3/b12-7+. The van der Waals surface area contributed by atoms with Crippen molar-refractivity contribution in [1.29, 1.82) is 0 Å². The Bertz CT molecular complexity index is 813. The van der Waals surface area contributed by atoms with Crippen molar-refractivity contribution in [2.24, 2.45) is 0 Å². The normalized spacial score (nSPS) is 15.3. The van der Waals surface area contributed by atoms with E-state index in [9.17, 15) is 4.79 Å². The number of Topliss-reactive ketones (excluding diaryl/α,β-unsaturated/α-hetero) is 1. The minimum Gasteiger partial charge on any atom is -0.488 e. The van der Waals surface area contributed by atoms with Gasteiger partial charge < -0.3 is 9.64 Å². The first-order valence-corrected chi connectivity index (χ1v) is 8.69. The Morgan fingerprint density at radius 2 is 1.91 bits per heavy atom. The Kier molecular flexibility index (Phi) is 4.60. The quantitative estimate of drug-likeness (QED) is 0.624. The molecule has 5 heteroatoms. The van der Waals surface area contributed by atoms with Crippen LogP contribution in [0.2, 0.25) is 0 Å². The second-order valence-corrected chi connectivity index (χ2v) is 7.30. The van der Waals surface area contributed by atoms with E-state index in [0.29, 0.717) is 23.5 Å². The lowest BCUT2D eigenvalue weighted by molar-refractivity contribution is 0.100. The van der Waals surface area contributed by atoms with Crippen molar-refractivity contribution in [2.45, 2.75) is 0 Å². The van der Waals surface area contributed by atoms with E-state index >= 15 is 0 Å². The first-order valence-electron chi connectivity index (χ1n) is 7.10. The molecule has 1 heterocycles. The molecule has 118 valence electrons. The average molecular weight is 437 g/mol. The fourth-order valence-electron chi connectivity index (χ4n) is 2.48. The number of nitrogens with zero attached hydrogens (tertiary/aromatic N) is 1. The largest absolute Gasteiger partial charge is 0.488 e. The van der Waals surface area contributed by atoms with E-state index in [1.165, 1.54) is 0 Å². The highest BCUT2D eigenvalue weighted by molar-refractivity contribution is 9.10. The lowest BCUT2D eigenvalue weighted by atomic mass is 9.98. The monoisotopic (exact) mass is 435 g/mol. The van der Waals surface area contributed by atoms with E-state index in [1.807, 2.05) is 55.4 Å². The van der Waals surface area contributed by atoms with E-state index in [0.717, 1.165) is 20.2 Å². The molecule has 0 aromatic heterocycles. The van der Waals surface area contributed by atoms with Gasteiger partial charge in [-0.3, -0.25) is 4.79 Å². The number of hydrogen-bond acceptors (Lipinski definition) is 3. The molecule has 23 heavy (non-hydrogen) atoms. The summed E-state index contributed by atoms with van der Waals surface area (Å²) >= 11 is 6.97. The van der Waals surface area contributed by atoms with Gasteiger partial charge in [0, 0.05) is 28.6 Å². The number of hydrogen-bond donors (Lipinski definition) is 0. The fraction of sp³-hybridized carbons (Fsp3) is 0.167. The molecule has 0 radical (unpaired) electrons. The van der Waals surface area contributed by atoms with Crippen molar-refractivity contribution in [1.82, 2.24) is 0 Å². The van der Waals surface area contributed by atoms with Crippen molar-refractivity contribution in [2.75, 3.05) is 25.6 Å². The van der Waals surface area contributed by atoms with Crippen molar-refractivity contribution < 1.29 is 9.53 Å². The summed E-state index contributed by atoms with van der Waals surface area (Å²) in [4.78, 5) is 14.7. The van der Waals surface area contributed by atoms with Gasteiger partial charge in [0.05, 0.1) is 11.3 Å². The summed E-state index contributed by atoms with van der Waals surface area (Å²) in [6.07, 6.45) is 1.89. The summed E-state index contributed by atoms with van der Waals surface area (Å²) < 4.78 is 7.55. The Balaban J connectivity index is 1.95. The zero-order valence-electron chi connectivity index (χ0n) is 12.8. The second-order valence-electron chi connectivity index (χ2n) is 5.53. The first-order chi connectivity index (χ1) is 11.0. The number of ether oxygens (including phenoxy) is 1. The smallest absolute Gasteiger partial charge is 0.196 e. The van der Waals surface area contributed by atoms with Gasteiger partial charge in [-0.15, -0.1) is 0 Å². The maximum atomic E-state index is 12.6. The molecule has 0 saturated carbocycles. The van der Waals surface area contributed by atoms with E-state index in [2.05, 4.69) is 31.9 Å². The Labute approximate surface area is 152 Å². The number of ketones is 1. The van der Waals surface area contributed by atoms with Gasteiger partial charge in [-0.25, -0.2) is 0 Å². The highest BCUT2D eigenvalue weighted by Gasteiger charge is 2.23. The third-order valence-corrected chi connectivity index (χ3v) is 4.78. The van der Waals surface area contributed by atoms with Gasteiger partial charge in [0.15, 0.2) is 5.78 Å². The third kappa shape index (κ3) is 3.35. The fourth-order valence-corrected chi connectivity index (χ4v) is 3.60. The number of carbonyl (C=O) groups is 1. The predicted molar refractivity (Wildman–Crippen MR) is 100 cm³/mol. The van der Waals surface area contributed by atoms with Gasteiger partial charge in [-0.05, 0) is 57.9 Å². The summed E-state index contributed by atoms with van der Waals surface area (Å²) in [6, 6.07) is 11.5. The maximum absolute atomic E-state index is 12.6. The molecule has 0 bridgehead atoms. The summed E-state index contributed by atoms with van der Waals surface area (Å²) in [7, 11) is 3.98. The molecule has 0 spiro atoms. The number of carbonyl (C=O) groups excluding carboxylic acids is 1. The van der Waals surface area contributed by atoms with E-state index < -0.39 is 0 Å². The molecular weight excluding hydrogens is 422 g/mol. The molecule has 0 N–H and O–H groups in total. The number of benzene rings is 2. The topological polar surface area (TPSA) is 29.5 Å². The number of fused-ring (bicyclic) bond motifs is 1. The van der Waals surface area contributed by atoms with Crippen LogP contribution in [0.15, 0.2) is 50.9 Å². The van der Waals surface area contributed by atoms with Crippen LogP contribution in [-0.4, -0.2) is 26.5 Å². The van der Waals surface area contributed by atoms with Crippen LogP contribution in [0, 0.1) is 0 Å². The van der Waals surface area contributed by atoms with Crippen molar-refractivity contribution >= 4 is 49.4 Å². The Morgan fingerprint density at radius 3 is 2.61 bits per heavy atom. The number of halogens is 2. The molecule has 0 atom stereocenters. The molecule has 2 aromatic carbocycles. The highest BCUT2D eigenvalue weighted by atomic mass is 79.9. The van der Waals surface area contributed by atoms with Crippen LogP contribution in [0.1, 0.15) is 15.9 Å². The molecule has 1 aliphatic heterocycles. The molecule has 0 saturated heterocycles. The van der Waals surface area contributed by atoms with Gasteiger partial charge in [-0.2, -0.15) is 0 Å². The second kappa shape index (κ2) is 6.49. The van der Waals surface area contributed by atoms with Gasteiger partial charge in [-0.1, -0.05) is 22.0 Å². The molecule has 0 amide bonds. The van der Waals surface area contributed by atoms with Crippen LogP contribution < -0.4 is 9.64 Å². The molecular formula is C18H15Br2NO2. The number of rotatable bonds is 2. The zero-order valence-corrected chi connectivity index (χ0v) is 15.9. The summed E-state index contributed by atoms with van der Waals surface area (Å²) in [6.45, 7) is 0.292. The molecule has 2 aromatic rings. The maximum Gasteiger partial charge on any atom is 0.196 e. The summed E-state index contributed by atoms with van der Waals surface area (Å²) in [5.74, 6) is 0.653. The SMILES string of the molecule is CN(C)c1ccc(/C=C2\COc3ccc(Br)cc3C2=O)cc1Br. The van der Waals surface area contributed by atoms with E-state index in [4.69, 9.17) is 4.74 Å². The van der Waals surface area contributed by atoms with Crippen molar-refractivity contribution in [3.05, 3.63) is 62.0 Å². The lowest BCUT2D eigenvalue weighted by Crippen LogP contribution is -2.19. The third-order valence-electron chi connectivity index (χ3n) is 3.66. The minimum absolute atomic E-state index is 0.0142. The van der Waals surface area contributed by atoms with E-state index in [1.54, 1.807) is 6.07 Å². The van der Waals surface area contributed by atoms with Crippen molar-refractivity contribution in [3.8, 4) is 5.75 Å². The zero-order chi connectivity index (χ0) is 16.6. The van der Waals surface area contributed by atoms with Crippen LogP contribution in [-0.2, 0) is 0 Å². The molecule has 0 aliphatic carbocycles. The van der Waals surface area contributed by atoms with Crippen LogP contribution in [0.3, 0.4) is 0 Å². The van der Waals surface area contributed by atoms with Gasteiger partial charge in [0.1, 0.15) is 12.4 Å². The lowest BCUT2D eigenvalue weighted by Gasteiger charge is -2.19. The van der Waals surface area contributed by atoms with Crippen LogP contribution >= 0.6 is 31.9 Å². The van der Waals surface area contributed by atoms with Crippen LogP contribution in [0.25, 0.3) is 6.08 Å². The van der Waals surface area contributed by atoms with Gasteiger partial charge in [0.2, 0.25) is 0 Å². The molecule has 0 unspecified atom stereocenters. The van der Waals surface area contributed by atoms with E-state index in [-0.39, 0.29) is 5.78 Å². The Morgan fingerprint density at radius 1 is 1.13 bits per heavy atom. The highest BCUT2D eigenvalue weighted by Crippen LogP contribution is 2.31. The summed E-state index contributed by atoms with van der Waals surface area (Å²) in [5.41, 5.74) is 3.31. The van der Waals surface area contributed by atoms with Crippen LogP contribution in [0.4, 0.5) is 5.69 Å². The molecule has 3 nitrogen and oxygen atoms in total. The molecule has 3 rings (SSSR count).